The molecular formula is C15H20BrNO2S. The Bertz CT molecular complexity index is 434. The topological polar surface area (TPSA) is 41.5 Å². The van der Waals surface area contributed by atoms with Crippen molar-refractivity contribution in [1.29, 1.82) is 0 Å². The number of rotatable bonds is 10. The molecule has 110 valence electrons. The van der Waals surface area contributed by atoms with Gasteiger partial charge in [0, 0.05) is 35.5 Å². The molecule has 0 fully saturated rings. The third-order valence-electron chi connectivity index (χ3n) is 2.52. The van der Waals surface area contributed by atoms with Gasteiger partial charge in [0.1, 0.15) is 12.4 Å². The molecular weight excluding hydrogens is 338 g/mol. The smallest absolute Gasteiger partial charge is 0.148 e. The van der Waals surface area contributed by atoms with E-state index in [4.69, 9.17) is 16.3 Å². The van der Waals surface area contributed by atoms with Crippen LogP contribution in [0.4, 0.5) is 0 Å². The largest absolute Gasteiger partial charge is 0.481 e. The number of ether oxygens (including phenoxy) is 1. The molecule has 20 heavy (non-hydrogen) atoms. The van der Waals surface area contributed by atoms with Crippen molar-refractivity contribution in [3.63, 3.8) is 0 Å². The summed E-state index contributed by atoms with van der Waals surface area (Å²) in [6.45, 7) is 2.23. The van der Waals surface area contributed by atoms with Gasteiger partial charge >= 0.3 is 0 Å². The van der Waals surface area contributed by atoms with Gasteiger partial charge in [0.05, 0.1) is 0 Å². The highest BCUT2D eigenvalue weighted by molar-refractivity contribution is 9.10. The fraction of sp³-hybridized carbons (Fsp3) is 0.467. The average molecular weight is 358 g/mol. The van der Waals surface area contributed by atoms with Gasteiger partial charge in [-0.05, 0) is 30.4 Å². The van der Waals surface area contributed by atoms with Crippen LogP contribution in [-0.4, -0.2) is 36.4 Å². The molecule has 0 unspecified atom stereocenters. The third-order valence-corrected chi connectivity index (χ3v) is 4.08. The van der Waals surface area contributed by atoms with Gasteiger partial charge in [0.15, 0.2) is 0 Å². The molecule has 1 aromatic rings. The summed E-state index contributed by atoms with van der Waals surface area (Å²) in [5, 5.41) is 12.1. The Kier molecular flexibility index (Phi) is 9.60. The van der Waals surface area contributed by atoms with Crippen LogP contribution in [0, 0.1) is 12.3 Å². The Morgan fingerprint density at radius 1 is 1.40 bits per heavy atom. The molecule has 0 amide bonds. The number of nitrogens with one attached hydrogen (secondary N) is 1. The summed E-state index contributed by atoms with van der Waals surface area (Å²) in [5.74, 6) is 5.34. The van der Waals surface area contributed by atoms with Gasteiger partial charge in [-0.25, -0.2) is 0 Å². The summed E-state index contributed by atoms with van der Waals surface area (Å²) in [4.78, 5) is 0. The molecule has 5 heteroatoms. The van der Waals surface area contributed by atoms with Crippen molar-refractivity contribution in [1.82, 2.24) is 5.32 Å². The molecule has 1 aromatic carbocycles. The highest BCUT2D eigenvalue weighted by Gasteiger charge is 2.04. The van der Waals surface area contributed by atoms with Crippen LogP contribution in [0.5, 0.6) is 5.75 Å². The first-order chi connectivity index (χ1) is 9.77. The zero-order valence-corrected chi connectivity index (χ0v) is 13.8. The van der Waals surface area contributed by atoms with E-state index in [0.717, 1.165) is 46.8 Å². The lowest BCUT2D eigenvalue weighted by Crippen LogP contribution is -2.17. The van der Waals surface area contributed by atoms with Crippen molar-refractivity contribution in [3.05, 3.63) is 28.2 Å². The summed E-state index contributed by atoms with van der Waals surface area (Å²) in [7, 11) is 0. The molecule has 1 rings (SSSR count). The standard InChI is InChI=1S/C15H20BrNO2S/c1-2-8-19-15-5-4-14(16)11-13(15)12-17-6-10-20-9-3-7-18/h1,4-5,11,17-18H,3,6-10,12H2. The zero-order valence-electron chi connectivity index (χ0n) is 11.4. The zero-order chi connectivity index (χ0) is 14.6. The van der Waals surface area contributed by atoms with Gasteiger partial charge in [-0.1, -0.05) is 21.9 Å². The highest BCUT2D eigenvalue weighted by Crippen LogP contribution is 2.23. The molecule has 0 spiro atoms. The van der Waals surface area contributed by atoms with Crippen LogP contribution >= 0.6 is 27.7 Å². The van der Waals surface area contributed by atoms with Crippen LogP contribution in [0.1, 0.15) is 12.0 Å². The maximum Gasteiger partial charge on any atom is 0.148 e. The van der Waals surface area contributed by atoms with Crippen molar-refractivity contribution >= 4 is 27.7 Å². The number of thioether (sulfide) groups is 1. The van der Waals surface area contributed by atoms with Crippen LogP contribution in [-0.2, 0) is 6.54 Å². The van der Waals surface area contributed by atoms with E-state index in [9.17, 15) is 0 Å². The number of aliphatic hydroxyl groups is 1. The van der Waals surface area contributed by atoms with Crippen molar-refractivity contribution in [2.45, 2.75) is 13.0 Å². The molecule has 0 aliphatic carbocycles. The van der Waals surface area contributed by atoms with Gasteiger partial charge in [-0.15, -0.1) is 6.42 Å². The second-order valence-corrected chi connectivity index (χ2v) is 6.25. The second kappa shape index (κ2) is 11.0. The van der Waals surface area contributed by atoms with E-state index >= 15 is 0 Å². The van der Waals surface area contributed by atoms with Crippen LogP contribution in [0.2, 0.25) is 0 Å². The third kappa shape index (κ3) is 7.20. The lowest BCUT2D eigenvalue weighted by atomic mass is 10.2. The fourth-order valence-electron chi connectivity index (χ4n) is 1.58. The van der Waals surface area contributed by atoms with Gasteiger partial charge in [-0.2, -0.15) is 11.8 Å². The Morgan fingerprint density at radius 2 is 2.25 bits per heavy atom. The lowest BCUT2D eigenvalue weighted by Gasteiger charge is -2.11. The molecule has 0 saturated carbocycles. The predicted molar refractivity (Wildman–Crippen MR) is 89.2 cm³/mol. The van der Waals surface area contributed by atoms with Gasteiger partial charge in [-0.3, -0.25) is 0 Å². The SMILES string of the molecule is C#CCOc1ccc(Br)cc1CNCCSCCCO. The maximum atomic E-state index is 8.68. The molecule has 0 aliphatic heterocycles. The molecule has 3 nitrogen and oxygen atoms in total. The number of terminal acetylenes is 1. The Morgan fingerprint density at radius 3 is 3.00 bits per heavy atom. The number of benzene rings is 1. The van der Waals surface area contributed by atoms with E-state index in [-0.39, 0.29) is 13.2 Å². The Hall–Kier alpha value is -0.670. The molecule has 2 N–H and O–H groups in total. The van der Waals surface area contributed by atoms with Crippen LogP contribution < -0.4 is 10.1 Å². The number of hydrogen-bond acceptors (Lipinski definition) is 4. The van der Waals surface area contributed by atoms with Gasteiger partial charge < -0.3 is 15.2 Å². The second-order valence-electron chi connectivity index (χ2n) is 4.11. The predicted octanol–water partition coefficient (Wildman–Crippen LogP) is 2.67. The maximum absolute atomic E-state index is 8.68. The monoisotopic (exact) mass is 357 g/mol. The van der Waals surface area contributed by atoms with E-state index in [1.165, 1.54) is 0 Å². The summed E-state index contributed by atoms with van der Waals surface area (Å²) < 4.78 is 6.55. The quantitative estimate of drug-likeness (QED) is 0.499. The van der Waals surface area contributed by atoms with Crippen LogP contribution in [0.3, 0.4) is 0 Å². The number of hydrogen-bond donors (Lipinski definition) is 2. The summed E-state index contributed by atoms with van der Waals surface area (Å²) in [6.07, 6.45) is 6.08. The Labute approximate surface area is 133 Å². The number of halogens is 1. The van der Waals surface area contributed by atoms with E-state index in [1.807, 2.05) is 30.0 Å². The molecule has 0 aliphatic rings. The summed E-state index contributed by atoms with van der Waals surface area (Å²) in [6, 6.07) is 5.91. The van der Waals surface area contributed by atoms with Gasteiger partial charge in [0.25, 0.3) is 0 Å². The first kappa shape index (κ1) is 17.4. The minimum Gasteiger partial charge on any atom is -0.481 e. The Balaban J connectivity index is 2.34. The fourth-order valence-corrected chi connectivity index (χ4v) is 2.82. The minimum absolute atomic E-state index is 0.272. The van der Waals surface area contributed by atoms with Crippen molar-refractivity contribution < 1.29 is 9.84 Å². The van der Waals surface area contributed by atoms with Gasteiger partial charge in [0.2, 0.25) is 0 Å². The lowest BCUT2D eigenvalue weighted by molar-refractivity contribution is 0.296. The molecule has 0 radical (unpaired) electrons. The minimum atomic E-state index is 0.272. The molecule has 0 aromatic heterocycles. The van der Waals surface area contributed by atoms with Crippen molar-refractivity contribution in [2.24, 2.45) is 0 Å². The van der Waals surface area contributed by atoms with E-state index in [2.05, 4.69) is 27.2 Å². The van der Waals surface area contributed by atoms with Crippen LogP contribution in [0.15, 0.2) is 22.7 Å². The normalized spacial score (nSPS) is 10.2. The molecule has 0 saturated heterocycles. The molecule has 0 atom stereocenters. The first-order valence-electron chi connectivity index (χ1n) is 6.52. The molecule has 0 bridgehead atoms. The summed E-state index contributed by atoms with van der Waals surface area (Å²) in [5.41, 5.74) is 1.09. The van der Waals surface area contributed by atoms with E-state index < -0.39 is 0 Å². The van der Waals surface area contributed by atoms with Crippen LogP contribution in [0.25, 0.3) is 0 Å². The highest BCUT2D eigenvalue weighted by atomic mass is 79.9. The number of aliphatic hydroxyl groups excluding tert-OH is 1. The summed E-state index contributed by atoms with van der Waals surface area (Å²) >= 11 is 5.31. The molecule has 0 heterocycles. The van der Waals surface area contributed by atoms with E-state index in [1.54, 1.807) is 0 Å². The van der Waals surface area contributed by atoms with E-state index in [0.29, 0.717) is 0 Å². The van der Waals surface area contributed by atoms with Crippen molar-refractivity contribution in [2.75, 3.05) is 31.3 Å². The first-order valence-corrected chi connectivity index (χ1v) is 8.46. The average Bonchev–Trinajstić information content (AvgIpc) is 2.45. The van der Waals surface area contributed by atoms with Crippen molar-refractivity contribution in [3.8, 4) is 18.1 Å².